The summed E-state index contributed by atoms with van der Waals surface area (Å²) in [6.07, 6.45) is 0. The van der Waals surface area contributed by atoms with E-state index in [2.05, 4.69) is 156 Å². The maximum Gasteiger partial charge on any atom is 0.136 e. The van der Waals surface area contributed by atoms with Crippen LogP contribution in [0.25, 0.3) is 130 Å². The SMILES string of the molecule is c1ccc2c(c1)[nH]c1ccc3c(c12)-c1c(ccc2oc4ccccc4c12)-c1ccc2sc4ccccc4c2c1-c1c-3ccc2[nH]c3ccccc3c12. The summed E-state index contributed by atoms with van der Waals surface area (Å²) >= 11 is 1.88. The molecule has 1 aliphatic rings. The van der Waals surface area contributed by atoms with E-state index in [1.807, 2.05) is 11.3 Å². The molecule has 0 saturated carbocycles. The standard InChI is InChI=1S/C48H26N2OS/c1-5-13-33-29(9-1)41-35(49-33)21-17-25-26-18-22-36-42(30-10-2-6-14-34(30)50-36)46(26)48-28(20-24-40-44(48)32-12-4-8-16-39(32)52-40)27-19-23-38-43(47(27)45(25)41)31-11-3-7-15-37(31)51-38/h1-24,49-50H. The van der Waals surface area contributed by atoms with Crippen LogP contribution in [0.4, 0.5) is 0 Å². The summed E-state index contributed by atoms with van der Waals surface area (Å²) in [5.41, 5.74) is 16.3. The van der Waals surface area contributed by atoms with E-state index in [1.165, 1.54) is 86.2 Å². The van der Waals surface area contributed by atoms with E-state index in [0.29, 0.717) is 0 Å². The van der Waals surface area contributed by atoms with E-state index in [-0.39, 0.29) is 0 Å². The third-order valence-electron chi connectivity index (χ3n) is 11.5. The van der Waals surface area contributed by atoms with Crippen molar-refractivity contribution in [3.8, 4) is 44.5 Å². The van der Waals surface area contributed by atoms with Gasteiger partial charge < -0.3 is 14.4 Å². The van der Waals surface area contributed by atoms with E-state index in [9.17, 15) is 0 Å². The van der Waals surface area contributed by atoms with Crippen molar-refractivity contribution in [2.24, 2.45) is 0 Å². The normalized spacial score (nSPS) is 12.6. The maximum absolute atomic E-state index is 6.64. The molecule has 0 aliphatic heterocycles. The number of aromatic nitrogens is 2. The second kappa shape index (κ2) is 9.58. The number of aromatic amines is 2. The van der Waals surface area contributed by atoms with Gasteiger partial charge in [-0.2, -0.15) is 0 Å². The number of nitrogens with one attached hydrogen (secondary N) is 2. The highest BCUT2D eigenvalue weighted by Crippen LogP contribution is 2.58. The zero-order valence-corrected chi connectivity index (χ0v) is 28.5. The highest BCUT2D eigenvalue weighted by molar-refractivity contribution is 7.26. The second-order valence-electron chi connectivity index (χ2n) is 14.1. The Labute approximate surface area is 300 Å². The lowest BCUT2D eigenvalue weighted by Gasteiger charge is -2.26. The van der Waals surface area contributed by atoms with Crippen LogP contribution in [0.1, 0.15) is 0 Å². The molecule has 52 heavy (non-hydrogen) atoms. The van der Waals surface area contributed by atoms with Crippen LogP contribution in [0.15, 0.2) is 150 Å². The lowest BCUT2D eigenvalue weighted by Crippen LogP contribution is -1.99. The fourth-order valence-electron chi connectivity index (χ4n) is 9.45. The number of rotatable bonds is 0. The van der Waals surface area contributed by atoms with Crippen LogP contribution < -0.4 is 0 Å². The highest BCUT2D eigenvalue weighted by atomic mass is 32.1. The summed E-state index contributed by atoms with van der Waals surface area (Å²) in [5.74, 6) is 0. The van der Waals surface area contributed by atoms with E-state index < -0.39 is 0 Å². The van der Waals surface area contributed by atoms with Crippen LogP contribution >= 0.6 is 11.3 Å². The topological polar surface area (TPSA) is 44.7 Å². The number of hydrogen-bond donors (Lipinski definition) is 2. The molecule has 4 heterocycles. The van der Waals surface area contributed by atoms with E-state index >= 15 is 0 Å². The molecule has 0 spiro atoms. The van der Waals surface area contributed by atoms with E-state index in [0.717, 1.165) is 44.0 Å². The lowest BCUT2D eigenvalue weighted by molar-refractivity contribution is 0.669. The Morgan fingerprint density at radius 1 is 0.327 bits per heavy atom. The Hall–Kier alpha value is -6.62. The smallest absolute Gasteiger partial charge is 0.136 e. The minimum Gasteiger partial charge on any atom is -0.456 e. The number of hydrogen-bond acceptors (Lipinski definition) is 2. The Bertz CT molecular complexity index is 3060. The van der Waals surface area contributed by atoms with Gasteiger partial charge in [-0.3, -0.25) is 0 Å². The molecule has 240 valence electrons. The number of para-hydroxylation sites is 3. The summed E-state index contributed by atoms with van der Waals surface area (Å²) < 4.78 is 9.25. The average Bonchev–Trinajstić information content (AvgIpc) is 3.96. The molecule has 3 nitrogen and oxygen atoms in total. The fourth-order valence-corrected chi connectivity index (χ4v) is 10.6. The van der Waals surface area contributed by atoms with Gasteiger partial charge in [0.2, 0.25) is 0 Å². The second-order valence-corrected chi connectivity index (χ2v) is 15.2. The van der Waals surface area contributed by atoms with Crippen molar-refractivity contribution in [3.05, 3.63) is 146 Å². The van der Waals surface area contributed by atoms with Crippen LogP contribution in [0.3, 0.4) is 0 Å². The van der Waals surface area contributed by atoms with Gasteiger partial charge in [-0.05, 0) is 76.9 Å². The van der Waals surface area contributed by atoms with Crippen molar-refractivity contribution in [1.82, 2.24) is 9.97 Å². The molecular formula is C48H26N2OS. The van der Waals surface area contributed by atoms with Crippen molar-refractivity contribution in [2.75, 3.05) is 0 Å². The molecule has 4 aromatic heterocycles. The van der Waals surface area contributed by atoms with Crippen molar-refractivity contribution >= 4 is 97.1 Å². The number of H-pyrrole nitrogens is 2. The first-order chi connectivity index (χ1) is 25.8. The highest BCUT2D eigenvalue weighted by Gasteiger charge is 2.31. The van der Waals surface area contributed by atoms with Gasteiger partial charge in [0.1, 0.15) is 11.2 Å². The molecule has 0 atom stereocenters. The quantitative estimate of drug-likeness (QED) is 0.165. The molecule has 0 radical (unpaired) electrons. The number of thiophene rings is 1. The summed E-state index contributed by atoms with van der Waals surface area (Å²) in [7, 11) is 0. The lowest BCUT2D eigenvalue weighted by atomic mass is 9.76. The number of furan rings is 1. The molecular weight excluding hydrogens is 653 g/mol. The molecule has 0 fully saturated rings. The monoisotopic (exact) mass is 678 g/mol. The zero-order chi connectivity index (χ0) is 33.7. The van der Waals surface area contributed by atoms with Gasteiger partial charge in [0.05, 0.1) is 0 Å². The fraction of sp³-hybridized carbons (Fsp3) is 0. The minimum absolute atomic E-state index is 0.902. The summed E-state index contributed by atoms with van der Waals surface area (Å²) in [4.78, 5) is 7.57. The van der Waals surface area contributed by atoms with Crippen LogP contribution in [0.5, 0.6) is 0 Å². The summed E-state index contributed by atoms with van der Waals surface area (Å²) in [6, 6.07) is 53.5. The predicted octanol–water partition coefficient (Wildman–Crippen LogP) is 14.2. The molecule has 13 rings (SSSR count). The predicted molar refractivity (Wildman–Crippen MR) is 221 cm³/mol. The first kappa shape index (κ1) is 27.1. The zero-order valence-electron chi connectivity index (χ0n) is 27.7. The van der Waals surface area contributed by atoms with Crippen LogP contribution in [0.2, 0.25) is 0 Å². The van der Waals surface area contributed by atoms with Crippen molar-refractivity contribution in [1.29, 1.82) is 0 Å². The first-order valence-corrected chi connectivity index (χ1v) is 18.6. The molecule has 8 aromatic carbocycles. The van der Waals surface area contributed by atoms with Gasteiger partial charge in [0.15, 0.2) is 0 Å². The van der Waals surface area contributed by atoms with Gasteiger partial charge in [0.25, 0.3) is 0 Å². The van der Waals surface area contributed by atoms with Crippen LogP contribution in [0, 0.1) is 0 Å². The van der Waals surface area contributed by atoms with Crippen LogP contribution in [-0.2, 0) is 0 Å². The largest absolute Gasteiger partial charge is 0.456 e. The van der Waals surface area contributed by atoms with E-state index in [4.69, 9.17) is 4.42 Å². The maximum atomic E-state index is 6.64. The van der Waals surface area contributed by atoms with E-state index in [1.54, 1.807) is 0 Å². The molecule has 1 aliphatic carbocycles. The summed E-state index contributed by atoms with van der Waals surface area (Å²) in [5, 5.41) is 9.87. The molecule has 0 saturated heterocycles. The molecule has 4 heteroatoms. The Balaban J connectivity index is 1.37. The van der Waals surface area contributed by atoms with Gasteiger partial charge in [0, 0.05) is 96.8 Å². The average molecular weight is 679 g/mol. The Morgan fingerprint density at radius 2 is 0.827 bits per heavy atom. The Morgan fingerprint density at radius 3 is 1.50 bits per heavy atom. The van der Waals surface area contributed by atoms with Crippen LogP contribution in [-0.4, -0.2) is 9.97 Å². The van der Waals surface area contributed by atoms with Crippen molar-refractivity contribution in [3.63, 3.8) is 0 Å². The molecule has 12 aromatic rings. The first-order valence-electron chi connectivity index (χ1n) is 17.8. The van der Waals surface area contributed by atoms with Gasteiger partial charge >= 0.3 is 0 Å². The molecule has 0 bridgehead atoms. The minimum atomic E-state index is 0.902. The molecule has 0 amide bonds. The third-order valence-corrected chi connectivity index (χ3v) is 12.6. The summed E-state index contributed by atoms with van der Waals surface area (Å²) in [6.45, 7) is 0. The molecule has 2 N–H and O–H groups in total. The van der Waals surface area contributed by atoms with Gasteiger partial charge in [-0.1, -0.05) is 91.0 Å². The Kier molecular flexibility index (Phi) is 5.00. The number of fused-ring (bicyclic) bond motifs is 24. The molecule has 0 unspecified atom stereocenters. The number of benzene rings is 8. The van der Waals surface area contributed by atoms with Crippen molar-refractivity contribution < 1.29 is 4.42 Å². The van der Waals surface area contributed by atoms with Gasteiger partial charge in [-0.25, -0.2) is 0 Å². The van der Waals surface area contributed by atoms with Crippen molar-refractivity contribution in [2.45, 2.75) is 0 Å². The third kappa shape index (κ3) is 3.31. The van der Waals surface area contributed by atoms with Gasteiger partial charge in [-0.15, -0.1) is 11.3 Å².